The summed E-state index contributed by atoms with van der Waals surface area (Å²) >= 11 is 4.09. The first-order valence-electron chi connectivity index (χ1n) is 2.61. The van der Waals surface area contributed by atoms with Crippen molar-refractivity contribution < 1.29 is 4.74 Å². The van der Waals surface area contributed by atoms with Crippen LogP contribution < -0.4 is 0 Å². The molecular formula is C5H12OS. The quantitative estimate of drug-likeness (QED) is 0.440. The number of rotatable bonds is 3. The number of ether oxygens (including phenoxy) is 1. The van der Waals surface area contributed by atoms with Crippen molar-refractivity contribution in [1.29, 1.82) is 0 Å². The minimum Gasteiger partial charge on any atom is -0.368 e. The normalized spacial score (nSPS) is 14.1. The molecule has 1 atom stereocenters. The van der Waals surface area contributed by atoms with Gasteiger partial charge >= 0.3 is 0 Å². The molecule has 0 amide bonds. The Kier molecular flexibility index (Phi) is 4.67. The van der Waals surface area contributed by atoms with Crippen molar-refractivity contribution in [2.75, 3.05) is 6.61 Å². The standard InChI is InChI=1S/C5H12OS/c1-3-5(7)6-4-2/h5,7H,3-4H2,1-2H3. The Morgan fingerprint density at radius 3 is 2.29 bits per heavy atom. The summed E-state index contributed by atoms with van der Waals surface area (Å²) in [5, 5.41) is 0. The van der Waals surface area contributed by atoms with Gasteiger partial charge in [-0.3, -0.25) is 0 Å². The first-order valence-corrected chi connectivity index (χ1v) is 3.12. The summed E-state index contributed by atoms with van der Waals surface area (Å²) in [5.74, 6) is 0. The lowest BCUT2D eigenvalue weighted by Crippen LogP contribution is -2.01. The van der Waals surface area contributed by atoms with Gasteiger partial charge in [0, 0.05) is 6.61 Å². The van der Waals surface area contributed by atoms with Crippen molar-refractivity contribution in [2.24, 2.45) is 0 Å². The maximum Gasteiger partial charge on any atom is 0.0996 e. The molecule has 0 aromatic carbocycles. The van der Waals surface area contributed by atoms with Crippen LogP contribution >= 0.6 is 12.6 Å². The zero-order valence-corrected chi connectivity index (χ0v) is 5.74. The monoisotopic (exact) mass is 120 g/mol. The lowest BCUT2D eigenvalue weighted by Gasteiger charge is -2.04. The number of thiol groups is 1. The highest BCUT2D eigenvalue weighted by molar-refractivity contribution is 7.80. The third kappa shape index (κ3) is 4.16. The molecule has 7 heavy (non-hydrogen) atoms. The molecule has 1 unspecified atom stereocenters. The molecule has 0 aromatic heterocycles. The van der Waals surface area contributed by atoms with E-state index < -0.39 is 0 Å². The van der Waals surface area contributed by atoms with E-state index in [2.05, 4.69) is 12.6 Å². The molecule has 0 N–H and O–H groups in total. The number of hydrogen-bond acceptors (Lipinski definition) is 2. The average molecular weight is 120 g/mol. The van der Waals surface area contributed by atoms with Gasteiger partial charge < -0.3 is 4.74 Å². The third-order valence-corrected chi connectivity index (χ3v) is 1.22. The predicted octanol–water partition coefficient (Wildman–Crippen LogP) is 1.69. The topological polar surface area (TPSA) is 9.23 Å². The molecule has 0 aliphatic rings. The molecule has 2 heteroatoms. The second-order valence-corrected chi connectivity index (χ2v) is 1.89. The van der Waals surface area contributed by atoms with Crippen LogP contribution in [0.1, 0.15) is 20.3 Å². The fourth-order valence-electron chi connectivity index (χ4n) is 0.310. The lowest BCUT2D eigenvalue weighted by molar-refractivity contribution is 0.124. The smallest absolute Gasteiger partial charge is 0.0996 e. The van der Waals surface area contributed by atoms with Gasteiger partial charge in [0.25, 0.3) is 0 Å². The summed E-state index contributed by atoms with van der Waals surface area (Å²) in [6, 6.07) is 0. The van der Waals surface area contributed by atoms with Gasteiger partial charge in [-0.25, -0.2) is 0 Å². The van der Waals surface area contributed by atoms with Crippen molar-refractivity contribution >= 4 is 12.6 Å². The highest BCUT2D eigenvalue weighted by Gasteiger charge is 1.92. The molecule has 1 nitrogen and oxygen atoms in total. The van der Waals surface area contributed by atoms with Crippen LogP contribution in [-0.4, -0.2) is 12.0 Å². The first-order chi connectivity index (χ1) is 3.31. The van der Waals surface area contributed by atoms with E-state index in [1.54, 1.807) is 0 Å². The van der Waals surface area contributed by atoms with Gasteiger partial charge in [-0.05, 0) is 13.3 Å². The van der Waals surface area contributed by atoms with E-state index in [9.17, 15) is 0 Å². The Morgan fingerprint density at radius 2 is 2.14 bits per heavy atom. The molecule has 0 saturated heterocycles. The van der Waals surface area contributed by atoms with E-state index in [0.717, 1.165) is 13.0 Å². The summed E-state index contributed by atoms with van der Waals surface area (Å²) in [6.07, 6.45) is 0.983. The molecule has 0 fully saturated rings. The third-order valence-electron chi connectivity index (χ3n) is 0.708. The van der Waals surface area contributed by atoms with Gasteiger partial charge in [0.15, 0.2) is 0 Å². The van der Waals surface area contributed by atoms with E-state index in [1.807, 2.05) is 13.8 Å². The van der Waals surface area contributed by atoms with Crippen LogP contribution in [-0.2, 0) is 4.74 Å². The van der Waals surface area contributed by atoms with Crippen LogP contribution in [0.25, 0.3) is 0 Å². The fraction of sp³-hybridized carbons (Fsp3) is 1.00. The van der Waals surface area contributed by atoms with Gasteiger partial charge in [-0.15, -0.1) is 12.6 Å². The van der Waals surface area contributed by atoms with Crippen molar-refractivity contribution in [3.8, 4) is 0 Å². The van der Waals surface area contributed by atoms with Gasteiger partial charge in [0.05, 0.1) is 5.44 Å². The second kappa shape index (κ2) is 4.47. The summed E-state index contributed by atoms with van der Waals surface area (Å²) < 4.78 is 5.06. The Labute approximate surface area is 50.5 Å². The molecule has 0 bridgehead atoms. The number of hydrogen-bond donors (Lipinski definition) is 1. The first kappa shape index (κ1) is 7.31. The van der Waals surface area contributed by atoms with Gasteiger partial charge in [0.2, 0.25) is 0 Å². The predicted molar refractivity (Wildman–Crippen MR) is 34.7 cm³/mol. The summed E-state index contributed by atoms with van der Waals surface area (Å²) in [5.41, 5.74) is 0.144. The van der Waals surface area contributed by atoms with Crippen molar-refractivity contribution in [3.05, 3.63) is 0 Å². The Balaban J connectivity index is 2.83. The zero-order valence-electron chi connectivity index (χ0n) is 4.85. The molecule has 0 aliphatic heterocycles. The maximum atomic E-state index is 5.06. The van der Waals surface area contributed by atoms with Crippen LogP contribution in [0, 0.1) is 0 Å². The van der Waals surface area contributed by atoms with Crippen LogP contribution in [0.3, 0.4) is 0 Å². The molecule has 0 aliphatic carbocycles. The Morgan fingerprint density at radius 1 is 1.57 bits per heavy atom. The van der Waals surface area contributed by atoms with Crippen LogP contribution in [0.2, 0.25) is 0 Å². The minimum atomic E-state index is 0.144. The van der Waals surface area contributed by atoms with E-state index in [0.29, 0.717) is 0 Å². The second-order valence-electron chi connectivity index (χ2n) is 1.32. The van der Waals surface area contributed by atoms with Crippen molar-refractivity contribution in [2.45, 2.75) is 25.7 Å². The van der Waals surface area contributed by atoms with E-state index in [-0.39, 0.29) is 5.44 Å². The molecule has 0 saturated carbocycles. The van der Waals surface area contributed by atoms with E-state index in [4.69, 9.17) is 4.74 Å². The maximum absolute atomic E-state index is 5.06. The molecular weight excluding hydrogens is 108 g/mol. The highest BCUT2D eigenvalue weighted by atomic mass is 32.1. The van der Waals surface area contributed by atoms with Gasteiger partial charge in [0.1, 0.15) is 0 Å². The summed E-state index contributed by atoms with van der Waals surface area (Å²) in [4.78, 5) is 0. The molecule has 0 aromatic rings. The van der Waals surface area contributed by atoms with Crippen LogP contribution in [0.15, 0.2) is 0 Å². The van der Waals surface area contributed by atoms with E-state index >= 15 is 0 Å². The van der Waals surface area contributed by atoms with Gasteiger partial charge in [-0.1, -0.05) is 6.92 Å². The average Bonchev–Trinajstić information content (AvgIpc) is 1.68. The molecule has 0 spiro atoms. The van der Waals surface area contributed by atoms with Crippen LogP contribution in [0.4, 0.5) is 0 Å². The summed E-state index contributed by atoms with van der Waals surface area (Å²) in [6.45, 7) is 4.79. The van der Waals surface area contributed by atoms with Crippen LogP contribution in [0.5, 0.6) is 0 Å². The Hall–Kier alpha value is 0.310. The minimum absolute atomic E-state index is 0.144. The Bertz CT molecular complexity index is 39.1. The largest absolute Gasteiger partial charge is 0.368 e. The van der Waals surface area contributed by atoms with Crippen molar-refractivity contribution in [1.82, 2.24) is 0 Å². The summed E-state index contributed by atoms with van der Waals surface area (Å²) in [7, 11) is 0. The zero-order chi connectivity index (χ0) is 5.70. The van der Waals surface area contributed by atoms with Gasteiger partial charge in [-0.2, -0.15) is 0 Å². The van der Waals surface area contributed by atoms with E-state index in [1.165, 1.54) is 0 Å². The molecule has 0 heterocycles. The fourth-order valence-corrected chi connectivity index (χ4v) is 0.459. The SMILES string of the molecule is CCOC(S)CC. The lowest BCUT2D eigenvalue weighted by atomic mass is 10.5. The molecule has 0 radical (unpaired) electrons. The van der Waals surface area contributed by atoms with Crippen molar-refractivity contribution in [3.63, 3.8) is 0 Å². The molecule has 0 rings (SSSR count). The highest BCUT2D eigenvalue weighted by Crippen LogP contribution is 1.99. The molecule has 44 valence electrons.